The van der Waals surface area contributed by atoms with Crippen molar-refractivity contribution >= 4 is 39.8 Å². The van der Waals surface area contributed by atoms with Gasteiger partial charge in [0.25, 0.3) is 5.91 Å². The molecule has 0 radical (unpaired) electrons. The van der Waals surface area contributed by atoms with Crippen molar-refractivity contribution in [2.45, 2.75) is 83.0 Å². The molecule has 12 nitrogen and oxygen atoms in total. The summed E-state index contributed by atoms with van der Waals surface area (Å²) in [6, 6.07) is 16.2. The molecule has 5 N–H and O–H groups in total. The van der Waals surface area contributed by atoms with E-state index < -0.39 is 31.0 Å². The highest BCUT2D eigenvalue weighted by atomic mass is 19.4. The molecule has 0 spiro atoms. The highest BCUT2D eigenvalue weighted by molar-refractivity contribution is 5.95. The zero-order valence-corrected chi connectivity index (χ0v) is 36.6. The molecule has 3 heterocycles. The molecule has 63 heavy (non-hydrogen) atoms. The molecule has 4 aromatic rings. The Hall–Kier alpha value is -5.66. The number of hydrogen-bond acceptors (Lipinski definition) is 9. The Bertz CT molecular complexity index is 2270. The van der Waals surface area contributed by atoms with Gasteiger partial charge >= 0.3 is 6.18 Å². The number of carbonyl (C=O) groups is 2. The van der Waals surface area contributed by atoms with Crippen LogP contribution in [-0.2, 0) is 17.8 Å². The Labute approximate surface area is 366 Å². The highest BCUT2D eigenvalue weighted by Crippen LogP contribution is 2.34. The molecule has 0 saturated carbocycles. The first-order chi connectivity index (χ1) is 30.1. The third-order valence-corrected chi connectivity index (χ3v) is 11.5. The molecule has 0 aliphatic carbocycles. The Kier molecular flexibility index (Phi) is 15.7. The van der Waals surface area contributed by atoms with Gasteiger partial charge in [-0.1, -0.05) is 31.9 Å². The molecule has 1 saturated heterocycles. The molecule has 340 valence electrons. The number of likely N-dealkylation sites (N-methyl/N-ethyl adjacent to an activating group) is 1. The fourth-order valence-electron chi connectivity index (χ4n) is 8.31. The smallest absolute Gasteiger partial charge is 0.406 e. The van der Waals surface area contributed by atoms with Gasteiger partial charge in [0, 0.05) is 55.6 Å². The Morgan fingerprint density at radius 3 is 2.51 bits per heavy atom. The normalized spacial score (nSPS) is 19.3. The van der Waals surface area contributed by atoms with E-state index in [1.807, 2.05) is 55.9 Å². The summed E-state index contributed by atoms with van der Waals surface area (Å²) in [7, 11) is 5.30. The van der Waals surface area contributed by atoms with Gasteiger partial charge in [0.15, 0.2) is 0 Å². The van der Waals surface area contributed by atoms with E-state index in [-0.39, 0.29) is 49.2 Å². The van der Waals surface area contributed by atoms with E-state index in [1.165, 1.54) is 7.05 Å². The minimum Gasteiger partial charge on any atom is -0.494 e. The molecular weight excluding hydrogens is 819 g/mol. The number of hydrogen-bond donors (Lipinski definition) is 5. The third kappa shape index (κ3) is 12.1. The number of halogens is 4. The van der Waals surface area contributed by atoms with Crippen LogP contribution >= 0.6 is 0 Å². The topological polar surface area (TPSA) is 132 Å². The maximum atomic E-state index is 14.9. The van der Waals surface area contributed by atoms with Crippen molar-refractivity contribution in [1.29, 1.82) is 0 Å². The summed E-state index contributed by atoms with van der Waals surface area (Å²) in [5, 5.41) is 22.4. The molecule has 16 heteroatoms. The molecule has 4 atom stereocenters. The number of aromatic nitrogens is 1. The number of anilines is 3. The van der Waals surface area contributed by atoms with Gasteiger partial charge in [-0.25, -0.2) is 4.39 Å². The standard InChI is InChI=1S/C47H59F4N7O5/c1-30(2)44-46(61)54-33(28-59)23-31-14-16-35(26-42(31)57(44)5)62-21-7-6-8-22-63-43-24-32(45(60)52-3)15-17-40(43)53-19-10-11-34-25-36-38(55-39-18-20-56(4)27-37(39)48)12-9-13-41(36)58(34)29-47(49,50)51/h9,12-17,24-26,30,33,37,39,44,53,55,59H,6-8,18-23,27-29H2,1-5H3,(H,52,60)(H,54,61)/t33-,37-,39+,44-/m0/s1. The molecule has 1 aromatic heterocycles. The quantitative estimate of drug-likeness (QED) is 0.0480. The summed E-state index contributed by atoms with van der Waals surface area (Å²) in [4.78, 5) is 29.4. The van der Waals surface area contributed by atoms with Crippen molar-refractivity contribution in [2.24, 2.45) is 5.92 Å². The first-order valence-corrected chi connectivity index (χ1v) is 21.5. The van der Waals surface area contributed by atoms with E-state index in [1.54, 1.807) is 42.5 Å². The number of alkyl halides is 4. The van der Waals surface area contributed by atoms with Crippen LogP contribution in [0, 0.1) is 17.8 Å². The zero-order valence-electron chi connectivity index (χ0n) is 36.6. The third-order valence-electron chi connectivity index (χ3n) is 11.5. The number of benzene rings is 3. The fourth-order valence-corrected chi connectivity index (χ4v) is 8.31. The molecule has 2 aliphatic heterocycles. The van der Waals surface area contributed by atoms with Crippen LogP contribution in [0.2, 0.25) is 0 Å². The maximum absolute atomic E-state index is 14.9. The number of fused-ring (bicyclic) bond motifs is 2. The minimum atomic E-state index is -4.50. The van der Waals surface area contributed by atoms with Crippen molar-refractivity contribution in [3.05, 3.63) is 77.5 Å². The lowest BCUT2D eigenvalue weighted by Gasteiger charge is -2.37. The summed E-state index contributed by atoms with van der Waals surface area (Å²) < 4.78 is 69.9. The Morgan fingerprint density at radius 2 is 1.79 bits per heavy atom. The van der Waals surface area contributed by atoms with E-state index in [0.29, 0.717) is 78.4 Å². The van der Waals surface area contributed by atoms with E-state index in [4.69, 9.17) is 9.47 Å². The number of aliphatic hydroxyl groups excluding tert-OH is 1. The first kappa shape index (κ1) is 46.8. The van der Waals surface area contributed by atoms with Crippen LogP contribution in [0.25, 0.3) is 10.9 Å². The van der Waals surface area contributed by atoms with Gasteiger partial charge in [0.1, 0.15) is 30.3 Å². The predicted octanol–water partition coefficient (Wildman–Crippen LogP) is 6.60. The second-order valence-electron chi connectivity index (χ2n) is 16.7. The number of ether oxygens (including phenoxy) is 2. The molecule has 0 unspecified atom stereocenters. The number of nitrogens with zero attached hydrogens (tertiary/aromatic N) is 3. The lowest BCUT2D eigenvalue weighted by atomic mass is 9.95. The second-order valence-corrected chi connectivity index (χ2v) is 16.7. The van der Waals surface area contributed by atoms with Crippen LogP contribution in [0.5, 0.6) is 11.5 Å². The fraction of sp³-hybridized carbons (Fsp3) is 0.489. The van der Waals surface area contributed by atoms with Gasteiger partial charge in [0.2, 0.25) is 5.91 Å². The van der Waals surface area contributed by atoms with Gasteiger partial charge in [0.05, 0.1) is 55.3 Å². The van der Waals surface area contributed by atoms with E-state index in [9.17, 15) is 32.3 Å². The molecule has 2 amide bonds. The molecule has 1 fully saturated rings. The molecule has 6 rings (SSSR count). The van der Waals surface area contributed by atoms with Crippen LogP contribution in [0.3, 0.4) is 0 Å². The van der Waals surface area contributed by atoms with E-state index in [2.05, 4.69) is 33.1 Å². The number of piperidine rings is 1. The summed E-state index contributed by atoms with van der Waals surface area (Å²) in [5.41, 5.74) is 3.94. The number of rotatable bonds is 16. The van der Waals surface area contributed by atoms with Crippen LogP contribution in [0.4, 0.5) is 34.6 Å². The number of carbonyl (C=O) groups excluding carboxylic acids is 2. The first-order valence-electron chi connectivity index (χ1n) is 21.5. The lowest BCUT2D eigenvalue weighted by molar-refractivity contribution is -0.140. The number of unbranched alkanes of at least 4 members (excludes halogenated alkanes) is 2. The van der Waals surface area contributed by atoms with Gasteiger partial charge in [-0.3, -0.25) is 9.59 Å². The number of likely N-dealkylation sites (tertiary alicyclic amines) is 1. The Balaban J connectivity index is 1.07. The number of amides is 2. The van der Waals surface area contributed by atoms with Gasteiger partial charge < -0.3 is 50.2 Å². The summed E-state index contributed by atoms with van der Waals surface area (Å²) in [6.45, 7) is 4.46. The summed E-state index contributed by atoms with van der Waals surface area (Å²) in [5.74, 6) is 6.62. The number of aliphatic hydroxyl groups is 1. The average molecular weight is 878 g/mol. The minimum absolute atomic E-state index is 0.0412. The van der Waals surface area contributed by atoms with Crippen LogP contribution in [0.1, 0.15) is 61.1 Å². The maximum Gasteiger partial charge on any atom is 0.406 e. The van der Waals surface area contributed by atoms with Crippen LogP contribution in [0.15, 0.2) is 60.7 Å². The lowest BCUT2D eigenvalue weighted by Crippen LogP contribution is -2.54. The number of nitrogens with one attached hydrogen (secondary N) is 4. The second kappa shape index (κ2) is 21.1. The Morgan fingerprint density at radius 1 is 1.02 bits per heavy atom. The molecule has 2 aliphatic rings. The van der Waals surface area contributed by atoms with E-state index >= 15 is 0 Å². The molecule has 0 bridgehead atoms. The average Bonchev–Trinajstić information content (AvgIpc) is 3.58. The highest BCUT2D eigenvalue weighted by Gasteiger charge is 2.33. The van der Waals surface area contributed by atoms with Crippen molar-refractivity contribution in [3.63, 3.8) is 0 Å². The largest absolute Gasteiger partial charge is 0.494 e. The molecular formula is C47H59F4N7O5. The summed E-state index contributed by atoms with van der Waals surface area (Å²) in [6.07, 6.45) is -2.33. The van der Waals surface area contributed by atoms with Crippen molar-refractivity contribution in [2.75, 3.05) is 76.1 Å². The van der Waals surface area contributed by atoms with Crippen LogP contribution < -0.4 is 35.6 Å². The van der Waals surface area contributed by atoms with Crippen molar-refractivity contribution < 1.29 is 41.7 Å². The van der Waals surface area contributed by atoms with Gasteiger partial charge in [-0.2, -0.15) is 13.2 Å². The van der Waals surface area contributed by atoms with Gasteiger partial charge in [-0.05, 0) is 99.0 Å². The summed E-state index contributed by atoms with van der Waals surface area (Å²) >= 11 is 0. The van der Waals surface area contributed by atoms with Crippen molar-refractivity contribution in [3.8, 4) is 23.3 Å². The SMILES string of the molecule is CNC(=O)c1ccc(NCC#Cc2cc3c(N[C@@H]4CCN(C)C[C@@H]4F)cccc3n2CC(F)(F)F)c(OCCCCCOc2ccc3c(c2)N(C)[C@@H](C(C)C)C(=O)N[C@H](CO)C3)c1. The van der Waals surface area contributed by atoms with E-state index in [0.717, 1.165) is 28.7 Å². The van der Waals surface area contributed by atoms with Gasteiger partial charge in [-0.15, -0.1) is 0 Å². The monoisotopic (exact) mass is 877 g/mol. The van der Waals surface area contributed by atoms with Crippen molar-refractivity contribution in [1.82, 2.24) is 20.1 Å². The molecule has 3 aromatic carbocycles. The zero-order chi connectivity index (χ0) is 45.3. The predicted molar refractivity (Wildman–Crippen MR) is 239 cm³/mol. The van der Waals surface area contributed by atoms with Crippen LogP contribution in [-0.4, -0.2) is 117 Å².